The Morgan fingerprint density at radius 2 is 1.93 bits per heavy atom. The van der Waals surface area contributed by atoms with E-state index >= 15 is 0 Å². The first-order valence-corrected chi connectivity index (χ1v) is 4.75. The molecule has 0 fully saturated rings. The number of carbonyl (C=O) groups excluding carboxylic acids is 1. The van der Waals surface area contributed by atoms with Gasteiger partial charge in [0.25, 0.3) is 0 Å². The SMILES string of the molecule is CCN(CCC(=O)OC)CCC(F)(F)F. The van der Waals surface area contributed by atoms with E-state index in [9.17, 15) is 18.0 Å². The number of rotatable bonds is 6. The van der Waals surface area contributed by atoms with E-state index in [2.05, 4.69) is 4.74 Å². The van der Waals surface area contributed by atoms with Crippen molar-refractivity contribution in [3.8, 4) is 0 Å². The summed E-state index contributed by atoms with van der Waals surface area (Å²) in [6.07, 6.45) is -4.86. The second kappa shape index (κ2) is 6.66. The van der Waals surface area contributed by atoms with Gasteiger partial charge in [-0.2, -0.15) is 13.2 Å². The summed E-state index contributed by atoms with van der Waals surface area (Å²) in [5.41, 5.74) is 0. The van der Waals surface area contributed by atoms with E-state index in [1.54, 1.807) is 11.8 Å². The maximum Gasteiger partial charge on any atom is 0.390 e. The minimum atomic E-state index is -4.14. The highest BCUT2D eigenvalue weighted by Crippen LogP contribution is 2.19. The van der Waals surface area contributed by atoms with Crippen molar-refractivity contribution in [3.05, 3.63) is 0 Å². The standard InChI is InChI=1S/C9H16F3NO2/c1-3-13(6-4-8(14)15-2)7-5-9(10,11)12/h3-7H2,1-2H3. The zero-order chi connectivity index (χ0) is 11.9. The highest BCUT2D eigenvalue weighted by atomic mass is 19.4. The summed E-state index contributed by atoms with van der Waals surface area (Å²) in [6, 6.07) is 0. The Labute approximate surface area is 87.2 Å². The molecule has 0 aliphatic heterocycles. The lowest BCUT2D eigenvalue weighted by Crippen LogP contribution is -2.30. The average Bonchev–Trinajstić information content (AvgIpc) is 2.16. The molecule has 0 aromatic heterocycles. The normalized spacial score (nSPS) is 11.9. The number of alkyl halides is 3. The van der Waals surface area contributed by atoms with E-state index in [0.29, 0.717) is 13.1 Å². The number of methoxy groups -OCH3 is 1. The quantitative estimate of drug-likeness (QED) is 0.648. The molecule has 0 heterocycles. The van der Waals surface area contributed by atoms with E-state index < -0.39 is 18.6 Å². The average molecular weight is 227 g/mol. The number of nitrogens with zero attached hydrogens (tertiary/aromatic N) is 1. The van der Waals surface area contributed by atoms with Crippen LogP contribution in [-0.2, 0) is 9.53 Å². The Morgan fingerprint density at radius 1 is 1.33 bits per heavy atom. The molecule has 3 nitrogen and oxygen atoms in total. The van der Waals surface area contributed by atoms with Crippen LogP contribution in [-0.4, -0.2) is 43.8 Å². The van der Waals surface area contributed by atoms with Crippen LogP contribution in [0, 0.1) is 0 Å². The molecule has 0 aliphatic rings. The van der Waals surface area contributed by atoms with Crippen molar-refractivity contribution in [2.75, 3.05) is 26.7 Å². The third kappa shape index (κ3) is 8.23. The van der Waals surface area contributed by atoms with Gasteiger partial charge in [0.15, 0.2) is 0 Å². The minimum absolute atomic E-state index is 0.0724. The summed E-state index contributed by atoms with van der Waals surface area (Å²) in [4.78, 5) is 12.3. The fourth-order valence-electron chi connectivity index (χ4n) is 1.06. The molecule has 0 aromatic rings. The fourth-order valence-corrected chi connectivity index (χ4v) is 1.06. The summed E-state index contributed by atoms with van der Waals surface area (Å²) in [5, 5.41) is 0. The molecule has 0 aromatic carbocycles. The van der Waals surface area contributed by atoms with Crippen molar-refractivity contribution in [1.82, 2.24) is 4.90 Å². The van der Waals surface area contributed by atoms with Crippen molar-refractivity contribution < 1.29 is 22.7 Å². The first-order valence-electron chi connectivity index (χ1n) is 4.75. The van der Waals surface area contributed by atoms with Crippen molar-refractivity contribution in [2.24, 2.45) is 0 Å². The van der Waals surface area contributed by atoms with Gasteiger partial charge in [0, 0.05) is 13.1 Å². The summed E-state index contributed by atoms with van der Waals surface area (Å²) in [5.74, 6) is -0.402. The van der Waals surface area contributed by atoms with Crippen LogP contribution in [0.4, 0.5) is 13.2 Å². The Bertz CT molecular complexity index is 194. The van der Waals surface area contributed by atoms with E-state index in [1.807, 2.05) is 0 Å². The molecule has 0 saturated carbocycles. The van der Waals surface area contributed by atoms with Gasteiger partial charge in [-0.25, -0.2) is 0 Å². The zero-order valence-corrected chi connectivity index (χ0v) is 8.93. The lowest BCUT2D eigenvalue weighted by atomic mass is 10.3. The van der Waals surface area contributed by atoms with Gasteiger partial charge in [0.05, 0.1) is 20.0 Å². The van der Waals surface area contributed by atoms with Crippen LogP contribution >= 0.6 is 0 Å². The molecule has 0 amide bonds. The molecule has 0 N–H and O–H groups in total. The predicted octanol–water partition coefficient (Wildman–Crippen LogP) is 1.82. The van der Waals surface area contributed by atoms with Crippen LogP contribution in [0.3, 0.4) is 0 Å². The van der Waals surface area contributed by atoms with Crippen LogP contribution in [0.25, 0.3) is 0 Å². The molecular formula is C9H16F3NO2. The van der Waals surface area contributed by atoms with E-state index in [0.717, 1.165) is 0 Å². The van der Waals surface area contributed by atoms with Crippen LogP contribution < -0.4 is 0 Å². The number of esters is 1. The Hall–Kier alpha value is -0.780. The third-order valence-electron chi connectivity index (χ3n) is 2.02. The maximum absolute atomic E-state index is 11.9. The summed E-state index contributed by atoms with van der Waals surface area (Å²) < 4.78 is 40.1. The molecule has 0 unspecified atom stereocenters. The Kier molecular flexibility index (Phi) is 6.31. The monoisotopic (exact) mass is 227 g/mol. The van der Waals surface area contributed by atoms with Crippen molar-refractivity contribution in [2.45, 2.75) is 25.9 Å². The van der Waals surface area contributed by atoms with Crippen molar-refractivity contribution in [1.29, 1.82) is 0 Å². The number of hydrogen-bond acceptors (Lipinski definition) is 3. The molecular weight excluding hydrogens is 211 g/mol. The van der Waals surface area contributed by atoms with Gasteiger partial charge < -0.3 is 9.64 Å². The first-order chi connectivity index (χ1) is 6.89. The predicted molar refractivity (Wildman–Crippen MR) is 49.4 cm³/mol. The van der Waals surface area contributed by atoms with Crippen molar-refractivity contribution in [3.63, 3.8) is 0 Å². The van der Waals surface area contributed by atoms with Gasteiger partial charge in [-0.15, -0.1) is 0 Å². The van der Waals surface area contributed by atoms with Crippen LogP contribution in [0.1, 0.15) is 19.8 Å². The smallest absolute Gasteiger partial charge is 0.390 e. The molecule has 0 atom stereocenters. The van der Waals surface area contributed by atoms with Crippen LogP contribution in [0.5, 0.6) is 0 Å². The van der Waals surface area contributed by atoms with Gasteiger partial charge in [-0.05, 0) is 6.54 Å². The largest absolute Gasteiger partial charge is 0.469 e. The molecule has 0 spiro atoms. The lowest BCUT2D eigenvalue weighted by Gasteiger charge is -2.20. The zero-order valence-electron chi connectivity index (χ0n) is 8.93. The lowest BCUT2D eigenvalue weighted by molar-refractivity contribution is -0.141. The van der Waals surface area contributed by atoms with Gasteiger partial charge in [0.1, 0.15) is 0 Å². The second-order valence-corrected chi connectivity index (χ2v) is 3.13. The summed E-state index contributed by atoms with van der Waals surface area (Å²) >= 11 is 0. The van der Waals surface area contributed by atoms with E-state index in [-0.39, 0.29) is 13.0 Å². The highest BCUT2D eigenvalue weighted by Gasteiger charge is 2.27. The summed E-state index contributed by atoms with van der Waals surface area (Å²) in [6.45, 7) is 2.48. The van der Waals surface area contributed by atoms with Gasteiger partial charge in [-0.1, -0.05) is 6.92 Å². The molecule has 15 heavy (non-hydrogen) atoms. The maximum atomic E-state index is 11.9. The number of hydrogen-bond donors (Lipinski definition) is 0. The molecule has 0 saturated heterocycles. The molecule has 0 aliphatic carbocycles. The first kappa shape index (κ1) is 14.2. The van der Waals surface area contributed by atoms with Gasteiger partial charge in [-0.3, -0.25) is 4.79 Å². The Morgan fingerprint density at radius 3 is 2.33 bits per heavy atom. The van der Waals surface area contributed by atoms with Gasteiger partial charge in [0.2, 0.25) is 0 Å². The van der Waals surface area contributed by atoms with Crippen LogP contribution in [0.2, 0.25) is 0 Å². The van der Waals surface area contributed by atoms with Crippen LogP contribution in [0.15, 0.2) is 0 Å². The van der Waals surface area contributed by atoms with Crippen molar-refractivity contribution >= 4 is 5.97 Å². The van der Waals surface area contributed by atoms with E-state index in [4.69, 9.17) is 0 Å². The molecule has 0 radical (unpaired) electrons. The number of ether oxygens (including phenoxy) is 1. The highest BCUT2D eigenvalue weighted by molar-refractivity contribution is 5.69. The Balaban J connectivity index is 3.78. The molecule has 6 heteroatoms. The van der Waals surface area contributed by atoms with E-state index in [1.165, 1.54) is 7.11 Å². The number of halogens is 3. The second-order valence-electron chi connectivity index (χ2n) is 3.13. The van der Waals surface area contributed by atoms with Gasteiger partial charge >= 0.3 is 12.1 Å². The fraction of sp³-hybridized carbons (Fsp3) is 0.889. The summed E-state index contributed by atoms with van der Waals surface area (Å²) in [7, 11) is 1.26. The number of carbonyl (C=O) groups is 1. The molecule has 0 rings (SSSR count). The molecule has 90 valence electrons. The minimum Gasteiger partial charge on any atom is -0.469 e. The third-order valence-corrected chi connectivity index (χ3v) is 2.02. The molecule has 0 bridgehead atoms. The topological polar surface area (TPSA) is 29.5 Å².